The van der Waals surface area contributed by atoms with Crippen molar-refractivity contribution in [1.29, 1.82) is 0 Å². The van der Waals surface area contributed by atoms with Crippen LogP contribution in [0.25, 0.3) is 0 Å². The molecule has 0 aliphatic carbocycles. The molecule has 0 spiro atoms. The highest BCUT2D eigenvalue weighted by molar-refractivity contribution is 7.92. The number of methoxy groups -OCH3 is 1. The Morgan fingerprint density at radius 1 is 1.24 bits per heavy atom. The van der Waals surface area contributed by atoms with Gasteiger partial charge in [-0.05, 0) is 35.9 Å². The van der Waals surface area contributed by atoms with E-state index in [0.29, 0.717) is 16.3 Å². The summed E-state index contributed by atoms with van der Waals surface area (Å²) < 4.78 is 32.2. The molecule has 2 aromatic carbocycles. The molecule has 21 heavy (non-hydrogen) atoms. The first-order valence-electron chi connectivity index (χ1n) is 6.02. The molecule has 0 atom stereocenters. The highest BCUT2D eigenvalue weighted by atomic mass is 35.5. The standard InChI is InChI=1S/C14H14ClNO4S/c1-20-14-6-5-11(15)8-13(14)16-21(18,19)12-4-2-3-10(7-12)9-17/h2-8,16-17H,9H2,1H3. The minimum atomic E-state index is -3.80. The number of sulfonamides is 1. The molecule has 0 bridgehead atoms. The Hall–Kier alpha value is -1.76. The lowest BCUT2D eigenvalue weighted by Gasteiger charge is -2.12. The van der Waals surface area contributed by atoms with Crippen LogP contribution in [0.5, 0.6) is 5.75 Å². The molecule has 112 valence electrons. The summed E-state index contributed by atoms with van der Waals surface area (Å²) in [6, 6.07) is 10.7. The Morgan fingerprint density at radius 3 is 2.67 bits per heavy atom. The van der Waals surface area contributed by atoms with E-state index in [1.165, 1.54) is 25.3 Å². The van der Waals surface area contributed by atoms with Crippen molar-refractivity contribution in [3.05, 3.63) is 53.1 Å². The first-order chi connectivity index (χ1) is 9.96. The first kappa shape index (κ1) is 15.6. The van der Waals surface area contributed by atoms with Crippen LogP contribution in [-0.4, -0.2) is 20.6 Å². The highest BCUT2D eigenvalue weighted by Crippen LogP contribution is 2.29. The predicted molar refractivity (Wildman–Crippen MR) is 81.2 cm³/mol. The lowest BCUT2D eigenvalue weighted by Crippen LogP contribution is -2.14. The third kappa shape index (κ3) is 3.66. The molecular weight excluding hydrogens is 314 g/mol. The fourth-order valence-electron chi connectivity index (χ4n) is 1.77. The molecule has 2 N–H and O–H groups in total. The van der Waals surface area contributed by atoms with Crippen LogP contribution in [0.4, 0.5) is 5.69 Å². The van der Waals surface area contributed by atoms with Crippen LogP contribution in [0.2, 0.25) is 5.02 Å². The quantitative estimate of drug-likeness (QED) is 0.885. The Morgan fingerprint density at radius 2 is 2.00 bits per heavy atom. The van der Waals surface area contributed by atoms with Gasteiger partial charge in [-0.1, -0.05) is 23.7 Å². The van der Waals surface area contributed by atoms with Gasteiger partial charge in [-0.2, -0.15) is 0 Å². The topological polar surface area (TPSA) is 75.6 Å². The molecule has 0 saturated heterocycles. The molecule has 0 aromatic heterocycles. The van der Waals surface area contributed by atoms with Gasteiger partial charge in [0.2, 0.25) is 0 Å². The average molecular weight is 328 g/mol. The zero-order valence-electron chi connectivity index (χ0n) is 11.2. The summed E-state index contributed by atoms with van der Waals surface area (Å²) in [7, 11) is -2.36. The van der Waals surface area contributed by atoms with E-state index in [0.717, 1.165) is 0 Å². The SMILES string of the molecule is COc1ccc(Cl)cc1NS(=O)(=O)c1cccc(CO)c1. The smallest absolute Gasteiger partial charge is 0.262 e. The Kier molecular flexibility index (Phi) is 4.72. The van der Waals surface area contributed by atoms with Gasteiger partial charge in [-0.15, -0.1) is 0 Å². The maximum absolute atomic E-state index is 12.4. The van der Waals surface area contributed by atoms with Crippen LogP contribution >= 0.6 is 11.6 Å². The molecule has 2 rings (SSSR count). The molecule has 0 heterocycles. The Bertz CT molecular complexity index is 746. The van der Waals surface area contributed by atoms with E-state index < -0.39 is 10.0 Å². The number of halogens is 1. The van der Waals surface area contributed by atoms with Gasteiger partial charge in [-0.25, -0.2) is 8.42 Å². The van der Waals surface area contributed by atoms with Gasteiger partial charge in [0.1, 0.15) is 5.75 Å². The highest BCUT2D eigenvalue weighted by Gasteiger charge is 2.17. The largest absolute Gasteiger partial charge is 0.495 e. The number of aliphatic hydroxyl groups is 1. The van der Waals surface area contributed by atoms with E-state index in [1.807, 2.05) is 0 Å². The van der Waals surface area contributed by atoms with Gasteiger partial charge in [0.05, 0.1) is 24.3 Å². The van der Waals surface area contributed by atoms with E-state index in [9.17, 15) is 8.42 Å². The van der Waals surface area contributed by atoms with Crippen molar-refractivity contribution < 1.29 is 18.3 Å². The van der Waals surface area contributed by atoms with Gasteiger partial charge in [0.25, 0.3) is 10.0 Å². The summed E-state index contributed by atoms with van der Waals surface area (Å²) in [5.41, 5.74) is 0.760. The summed E-state index contributed by atoms with van der Waals surface area (Å²) in [4.78, 5) is 0.0519. The summed E-state index contributed by atoms with van der Waals surface area (Å²) in [6.07, 6.45) is 0. The molecule has 0 amide bonds. The number of hydrogen-bond acceptors (Lipinski definition) is 4. The van der Waals surface area contributed by atoms with Gasteiger partial charge < -0.3 is 9.84 Å². The number of rotatable bonds is 5. The zero-order valence-corrected chi connectivity index (χ0v) is 12.8. The second-order valence-corrected chi connectivity index (χ2v) is 6.37. The van der Waals surface area contributed by atoms with E-state index in [-0.39, 0.29) is 17.2 Å². The molecule has 0 saturated carbocycles. The minimum absolute atomic E-state index is 0.0519. The van der Waals surface area contributed by atoms with E-state index in [4.69, 9.17) is 21.4 Å². The van der Waals surface area contributed by atoms with Gasteiger partial charge >= 0.3 is 0 Å². The molecule has 2 aromatic rings. The average Bonchev–Trinajstić information content (AvgIpc) is 2.47. The molecule has 5 nitrogen and oxygen atoms in total. The van der Waals surface area contributed by atoms with E-state index >= 15 is 0 Å². The number of nitrogens with one attached hydrogen (secondary N) is 1. The van der Waals surface area contributed by atoms with Crippen LogP contribution < -0.4 is 9.46 Å². The first-order valence-corrected chi connectivity index (χ1v) is 7.88. The number of anilines is 1. The van der Waals surface area contributed by atoms with Crippen molar-refractivity contribution in [2.45, 2.75) is 11.5 Å². The van der Waals surface area contributed by atoms with Crippen LogP contribution in [-0.2, 0) is 16.6 Å². The monoisotopic (exact) mass is 327 g/mol. The second kappa shape index (κ2) is 6.34. The third-order valence-corrected chi connectivity index (χ3v) is 4.40. The molecular formula is C14H14ClNO4S. The number of aliphatic hydroxyl groups excluding tert-OH is 1. The molecule has 0 radical (unpaired) electrons. The second-order valence-electron chi connectivity index (χ2n) is 4.26. The van der Waals surface area contributed by atoms with E-state index in [1.54, 1.807) is 24.3 Å². The van der Waals surface area contributed by atoms with Crippen molar-refractivity contribution in [1.82, 2.24) is 0 Å². The van der Waals surface area contributed by atoms with Crippen molar-refractivity contribution >= 4 is 27.3 Å². The van der Waals surface area contributed by atoms with Crippen molar-refractivity contribution in [3.8, 4) is 5.75 Å². The lowest BCUT2D eigenvalue weighted by molar-refractivity contribution is 0.281. The third-order valence-electron chi connectivity index (χ3n) is 2.80. The zero-order chi connectivity index (χ0) is 15.5. The van der Waals surface area contributed by atoms with Crippen molar-refractivity contribution in [3.63, 3.8) is 0 Å². The molecule has 7 heteroatoms. The summed E-state index contributed by atoms with van der Waals surface area (Å²) >= 11 is 5.87. The Labute approximate surface area is 128 Å². The van der Waals surface area contributed by atoms with Crippen LogP contribution in [0.15, 0.2) is 47.4 Å². The number of benzene rings is 2. The predicted octanol–water partition coefficient (Wildman–Crippen LogP) is 2.64. The Balaban J connectivity index is 2.39. The van der Waals surface area contributed by atoms with Crippen molar-refractivity contribution in [2.24, 2.45) is 0 Å². The summed E-state index contributed by atoms with van der Waals surface area (Å²) in [5, 5.41) is 9.47. The summed E-state index contributed by atoms with van der Waals surface area (Å²) in [6.45, 7) is -0.232. The number of hydrogen-bond donors (Lipinski definition) is 2. The van der Waals surface area contributed by atoms with Crippen molar-refractivity contribution in [2.75, 3.05) is 11.8 Å². The fraction of sp³-hybridized carbons (Fsp3) is 0.143. The van der Waals surface area contributed by atoms with Gasteiger partial charge in [0, 0.05) is 5.02 Å². The van der Waals surface area contributed by atoms with Crippen LogP contribution in [0.3, 0.4) is 0 Å². The number of ether oxygens (including phenoxy) is 1. The van der Waals surface area contributed by atoms with Crippen LogP contribution in [0.1, 0.15) is 5.56 Å². The molecule has 0 aliphatic rings. The molecule has 0 aliphatic heterocycles. The normalized spacial score (nSPS) is 11.2. The maximum Gasteiger partial charge on any atom is 0.262 e. The fourth-order valence-corrected chi connectivity index (χ4v) is 3.08. The van der Waals surface area contributed by atoms with E-state index in [2.05, 4.69) is 4.72 Å². The lowest BCUT2D eigenvalue weighted by atomic mass is 10.2. The van der Waals surface area contributed by atoms with Crippen LogP contribution in [0, 0.1) is 0 Å². The summed E-state index contributed by atoms with van der Waals surface area (Å²) in [5.74, 6) is 0.362. The molecule has 0 unspecified atom stereocenters. The van der Waals surface area contributed by atoms with Gasteiger partial charge in [-0.3, -0.25) is 4.72 Å². The molecule has 0 fully saturated rings. The minimum Gasteiger partial charge on any atom is -0.495 e. The van der Waals surface area contributed by atoms with Gasteiger partial charge in [0.15, 0.2) is 0 Å². The maximum atomic E-state index is 12.4.